The van der Waals surface area contributed by atoms with E-state index in [1.54, 1.807) is 4.68 Å². The molecule has 4 aromatic rings. The molecule has 0 bridgehead atoms. The van der Waals surface area contributed by atoms with Gasteiger partial charge in [-0.25, -0.2) is 0 Å². The van der Waals surface area contributed by atoms with Gasteiger partial charge in [0.25, 0.3) is 11.4 Å². The number of hydrogen-bond donors (Lipinski definition) is 0. The van der Waals surface area contributed by atoms with E-state index in [4.69, 9.17) is 0 Å². The van der Waals surface area contributed by atoms with Gasteiger partial charge in [-0.15, -0.1) is 15.3 Å². The number of nitrogens with zero attached hydrogens (tertiary/aromatic N) is 10. The maximum absolute atomic E-state index is 11.1. The molecule has 156 valence electrons. The molecule has 0 atom stereocenters. The molecule has 0 aliphatic heterocycles. The van der Waals surface area contributed by atoms with E-state index in [-0.39, 0.29) is 17.3 Å². The highest BCUT2D eigenvalue weighted by atomic mass is 79.9. The fraction of sp³-hybridized carbons (Fsp3) is 0.0667. The summed E-state index contributed by atoms with van der Waals surface area (Å²) in [5, 5.41) is 46.1. The van der Waals surface area contributed by atoms with Crippen LogP contribution in [0.15, 0.2) is 52.1 Å². The number of benzene rings is 2. The predicted octanol–water partition coefficient (Wildman–Crippen LogP) is 2.64. The highest BCUT2D eigenvalue weighted by Crippen LogP contribution is 2.28. The monoisotopic (exact) mass is 504 g/mol. The highest BCUT2D eigenvalue weighted by Gasteiger charge is 2.20. The van der Waals surface area contributed by atoms with Crippen molar-refractivity contribution in [1.82, 2.24) is 40.4 Å². The number of halogens is 1. The Morgan fingerprint density at radius 3 is 2.29 bits per heavy atom. The first-order valence-corrected chi connectivity index (χ1v) is 10.1. The Morgan fingerprint density at radius 1 is 0.968 bits per heavy atom. The quantitative estimate of drug-likeness (QED) is 0.205. The zero-order valence-electron chi connectivity index (χ0n) is 15.1. The predicted molar refractivity (Wildman–Crippen MR) is 109 cm³/mol. The van der Waals surface area contributed by atoms with Gasteiger partial charge in [0.2, 0.25) is 11.0 Å². The first-order valence-electron chi connectivity index (χ1n) is 8.30. The number of tetrazole rings is 2. The van der Waals surface area contributed by atoms with Crippen LogP contribution in [0.25, 0.3) is 17.1 Å². The van der Waals surface area contributed by atoms with Crippen molar-refractivity contribution in [2.45, 2.75) is 11.0 Å². The van der Waals surface area contributed by atoms with Gasteiger partial charge in [-0.3, -0.25) is 20.2 Å². The van der Waals surface area contributed by atoms with E-state index in [0.29, 0.717) is 5.16 Å². The molecule has 0 aliphatic rings. The van der Waals surface area contributed by atoms with Crippen molar-refractivity contribution in [2.24, 2.45) is 0 Å². The maximum Gasteiger partial charge on any atom is 0.277 e. The van der Waals surface area contributed by atoms with Gasteiger partial charge in [0.1, 0.15) is 5.88 Å². The Bertz CT molecular complexity index is 1240. The molecule has 14 nitrogen and oxygen atoms in total. The average Bonchev–Trinajstić information content (AvgIpc) is 3.42. The second-order valence-corrected chi connectivity index (χ2v) is 7.69. The summed E-state index contributed by atoms with van der Waals surface area (Å²) in [7, 11) is 0. The molecule has 0 unspecified atom stereocenters. The topological polar surface area (TPSA) is 173 Å². The molecule has 0 saturated heterocycles. The van der Waals surface area contributed by atoms with Crippen LogP contribution in [0.5, 0.6) is 0 Å². The number of hydrogen-bond acceptors (Lipinski definition) is 11. The van der Waals surface area contributed by atoms with Gasteiger partial charge in [0, 0.05) is 22.2 Å². The van der Waals surface area contributed by atoms with Gasteiger partial charge in [0.05, 0.1) is 21.6 Å². The summed E-state index contributed by atoms with van der Waals surface area (Å²) < 4.78 is 2.46. The number of rotatable bonds is 7. The third kappa shape index (κ3) is 4.53. The molecule has 2 aromatic heterocycles. The molecule has 0 radical (unpaired) electrons. The lowest BCUT2D eigenvalue weighted by molar-refractivity contribution is -0.394. The molecule has 0 saturated carbocycles. The molecule has 0 N–H and O–H groups in total. The van der Waals surface area contributed by atoms with Crippen molar-refractivity contribution in [3.8, 4) is 17.1 Å². The number of nitro benzene ring substituents is 2. The molecule has 0 spiro atoms. The Balaban J connectivity index is 1.54. The third-order valence-corrected chi connectivity index (χ3v) is 5.26. The second kappa shape index (κ2) is 8.52. The molecule has 0 aliphatic carbocycles. The lowest BCUT2D eigenvalue weighted by Gasteiger charge is -2.03. The molecule has 31 heavy (non-hydrogen) atoms. The minimum atomic E-state index is -0.723. The average molecular weight is 505 g/mol. The number of aromatic nitrogens is 8. The Labute approximate surface area is 184 Å². The standard InChI is InChI=1S/C15H9BrN10O4S/c16-10-1-3-11(4-2-10)24-15(18-20-22-24)31-8-23-19-14(17-21-23)9-5-12(25(27)28)7-13(6-9)26(29)30/h1-7H,8H2. The molecule has 2 heterocycles. The van der Waals surface area contributed by atoms with Crippen LogP contribution in [-0.4, -0.2) is 50.3 Å². The van der Waals surface area contributed by atoms with Gasteiger partial charge in [0.15, 0.2) is 0 Å². The fourth-order valence-corrected chi connectivity index (χ4v) is 3.44. The summed E-state index contributed by atoms with van der Waals surface area (Å²) >= 11 is 4.59. The number of nitro groups is 2. The summed E-state index contributed by atoms with van der Waals surface area (Å²) in [6, 6.07) is 10.6. The minimum absolute atomic E-state index is 0.0138. The van der Waals surface area contributed by atoms with E-state index in [1.165, 1.54) is 16.6 Å². The smallest absolute Gasteiger partial charge is 0.258 e. The first-order chi connectivity index (χ1) is 14.9. The summed E-state index contributed by atoms with van der Waals surface area (Å²) in [5.41, 5.74) is -0.0177. The Hall–Kier alpha value is -3.79. The maximum atomic E-state index is 11.1. The van der Waals surface area contributed by atoms with E-state index < -0.39 is 21.2 Å². The molecular formula is C15H9BrN10O4S. The van der Waals surface area contributed by atoms with E-state index in [2.05, 4.69) is 46.9 Å². The van der Waals surface area contributed by atoms with Crippen LogP contribution in [0.4, 0.5) is 11.4 Å². The molecule has 0 amide bonds. The number of thioether (sulfide) groups is 1. The molecule has 4 rings (SSSR count). The van der Waals surface area contributed by atoms with E-state index >= 15 is 0 Å². The van der Waals surface area contributed by atoms with Crippen LogP contribution in [0.3, 0.4) is 0 Å². The normalized spacial score (nSPS) is 10.9. The van der Waals surface area contributed by atoms with Crippen LogP contribution in [0.1, 0.15) is 0 Å². The Kier molecular flexibility index (Phi) is 5.63. The lowest BCUT2D eigenvalue weighted by atomic mass is 10.1. The van der Waals surface area contributed by atoms with Gasteiger partial charge in [-0.1, -0.05) is 27.7 Å². The van der Waals surface area contributed by atoms with Crippen LogP contribution in [0, 0.1) is 20.2 Å². The Morgan fingerprint density at radius 2 is 1.65 bits per heavy atom. The highest BCUT2D eigenvalue weighted by molar-refractivity contribution is 9.10. The molecule has 0 fully saturated rings. The summed E-state index contributed by atoms with van der Waals surface area (Å²) in [6.07, 6.45) is 0. The van der Waals surface area contributed by atoms with Crippen molar-refractivity contribution >= 4 is 39.1 Å². The zero-order valence-corrected chi connectivity index (χ0v) is 17.5. The van der Waals surface area contributed by atoms with Crippen LogP contribution >= 0.6 is 27.7 Å². The molecule has 16 heteroatoms. The lowest BCUT2D eigenvalue weighted by Crippen LogP contribution is -2.03. The van der Waals surface area contributed by atoms with Gasteiger partial charge in [-0.05, 0) is 39.9 Å². The summed E-state index contributed by atoms with van der Waals surface area (Å²) in [5.74, 6) is 0.195. The van der Waals surface area contributed by atoms with Crippen LogP contribution in [0.2, 0.25) is 0 Å². The van der Waals surface area contributed by atoms with Crippen LogP contribution in [-0.2, 0) is 5.88 Å². The van der Waals surface area contributed by atoms with Crippen molar-refractivity contribution in [1.29, 1.82) is 0 Å². The summed E-state index contributed by atoms with van der Waals surface area (Å²) in [6.45, 7) is 0. The van der Waals surface area contributed by atoms with Crippen molar-refractivity contribution in [3.63, 3.8) is 0 Å². The van der Waals surface area contributed by atoms with Gasteiger partial charge >= 0.3 is 0 Å². The van der Waals surface area contributed by atoms with Crippen molar-refractivity contribution in [2.75, 3.05) is 0 Å². The van der Waals surface area contributed by atoms with E-state index in [0.717, 1.165) is 28.4 Å². The zero-order chi connectivity index (χ0) is 22.0. The third-order valence-electron chi connectivity index (χ3n) is 3.86. The first kappa shape index (κ1) is 20.5. The van der Waals surface area contributed by atoms with Gasteiger partial charge in [-0.2, -0.15) is 9.48 Å². The van der Waals surface area contributed by atoms with Crippen molar-refractivity contribution in [3.05, 3.63) is 67.2 Å². The fourth-order valence-electron chi connectivity index (χ4n) is 2.48. The SMILES string of the molecule is O=[N+]([O-])c1cc(-c2nnn(CSc3nnnn3-c3ccc(Br)cc3)n2)cc([N+](=O)[O-])c1. The second-order valence-electron chi connectivity index (χ2n) is 5.86. The van der Waals surface area contributed by atoms with Gasteiger partial charge < -0.3 is 0 Å². The largest absolute Gasteiger partial charge is 0.277 e. The minimum Gasteiger partial charge on any atom is -0.258 e. The number of non-ortho nitro benzene ring substituents is 2. The van der Waals surface area contributed by atoms with E-state index in [1.807, 2.05) is 24.3 Å². The molecular weight excluding hydrogens is 496 g/mol. The van der Waals surface area contributed by atoms with Crippen molar-refractivity contribution < 1.29 is 9.85 Å². The molecule has 2 aromatic carbocycles. The van der Waals surface area contributed by atoms with Crippen LogP contribution < -0.4 is 0 Å². The van der Waals surface area contributed by atoms with E-state index in [9.17, 15) is 20.2 Å². The summed E-state index contributed by atoms with van der Waals surface area (Å²) in [4.78, 5) is 21.9.